The Morgan fingerprint density at radius 3 is 2.86 bits per heavy atom. The van der Waals surface area contributed by atoms with Gasteiger partial charge in [-0.1, -0.05) is 20.3 Å². The van der Waals surface area contributed by atoms with Gasteiger partial charge in [0.25, 0.3) is 0 Å². The highest BCUT2D eigenvalue weighted by atomic mass is 15.1. The third-order valence-corrected chi connectivity index (χ3v) is 2.16. The lowest BCUT2D eigenvalue weighted by Crippen LogP contribution is -2.19. The van der Waals surface area contributed by atoms with E-state index < -0.39 is 0 Å². The van der Waals surface area contributed by atoms with E-state index in [0.29, 0.717) is 12.0 Å². The summed E-state index contributed by atoms with van der Waals surface area (Å²) < 4.78 is 0. The van der Waals surface area contributed by atoms with Crippen molar-refractivity contribution in [3.63, 3.8) is 0 Å². The lowest BCUT2D eigenvalue weighted by atomic mass is 10.1. The number of aromatic nitrogens is 2. The Kier molecular flexibility index (Phi) is 4.16. The SMILES string of the molecule is CCCC(CC)Nc1ccnc(N)n1. The Bertz CT molecular complexity index is 275. The Morgan fingerprint density at radius 1 is 1.50 bits per heavy atom. The smallest absolute Gasteiger partial charge is 0.221 e. The lowest BCUT2D eigenvalue weighted by Gasteiger charge is -2.16. The molecular weight excluding hydrogens is 176 g/mol. The zero-order valence-corrected chi connectivity index (χ0v) is 8.83. The van der Waals surface area contributed by atoms with Crippen molar-refractivity contribution in [1.29, 1.82) is 0 Å². The fourth-order valence-corrected chi connectivity index (χ4v) is 1.39. The highest BCUT2D eigenvalue weighted by molar-refractivity contribution is 5.38. The molecule has 0 radical (unpaired) electrons. The van der Waals surface area contributed by atoms with E-state index in [1.165, 1.54) is 6.42 Å². The fraction of sp³-hybridized carbons (Fsp3) is 0.600. The van der Waals surface area contributed by atoms with Gasteiger partial charge in [-0.3, -0.25) is 0 Å². The molecule has 1 aromatic rings. The summed E-state index contributed by atoms with van der Waals surface area (Å²) in [5.74, 6) is 1.14. The molecule has 4 heteroatoms. The molecule has 4 nitrogen and oxygen atoms in total. The Morgan fingerprint density at radius 2 is 2.29 bits per heavy atom. The molecule has 0 saturated heterocycles. The summed E-state index contributed by atoms with van der Waals surface area (Å²) in [5, 5.41) is 3.34. The van der Waals surface area contributed by atoms with E-state index in [9.17, 15) is 0 Å². The first kappa shape index (κ1) is 10.8. The van der Waals surface area contributed by atoms with E-state index in [-0.39, 0.29) is 0 Å². The third kappa shape index (κ3) is 3.20. The first-order valence-corrected chi connectivity index (χ1v) is 5.11. The van der Waals surface area contributed by atoms with Crippen molar-refractivity contribution < 1.29 is 0 Å². The number of nitrogens with two attached hydrogens (primary N) is 1. The van der Waals surface area contributed by atoms with Crippen LogP contribution in [0, 0.1) is 0 Å². The molecule has 0 bridgehead atoms. The molecule has 1 heterocycles. The quantitative estimate of drug-likeness (QED) is 0.753. The second-order valence-electron chi connectivity index (χ2n) is 3.34. The van der Waals surface area contributed by atoms with Crippen LogP contribution in [-0.2, 0) is 0 Å². The van der Waals surface area contributed by atoms with Crippen molar-refractivity contribution in [2.45, 2.75) is 39.2 Å². The van der Waals surface area contributed by atoms with Crippen molar-refractivity contribution in [2.75, 3.05) is 11.1 Å². The Labute approximate surface area is 85.0 Å². The van der Waals surface area contributed by atoms with Crippen LogP contribution in [0.25, 0.3) is 0 Å². The average Bonchev–Trinajstić information content (AvgIpc) is 2.17. The predicted molar refractivity (Wildman–Crippen MR) is 59.1 cm³/mol. The highest BCUT2D eigenvalue weighted by Crippen LogP contribution is 2.10. The molecule has 0 fully saturated rings. The van der Waals surface area contributed by atoms with Gasteiger partial charge >= 0.3 is 0 Å². The van der Waals surface area contributed by atoms with Crippen molar-refractivity contribution in [1.82, 2.24) is 9.97 Å². The number of hydrogen-bond acceptors (Lipinski definition) is 4. The van der Waals surface area contributed by atoms with Crippen LogP contribution in [0.2, 0.25) is 0 Å². The standard InChI is InChI=1S/C10H18N4/c1-3-5-8(4-2)13-9-6-7-12-10(11)14-9/h6-8H,3-5H2,1-2H3,(H3,11,12,13,14). The molecule has 0 amide bonds. The van der Waals surface area contributed by atoms with Crippen LogP contribution in [-0.4, -0.2) is 16.0 Å². The van der Waals surface area contributed by atoms with E-state index in [1.54, 1.807) is 6.20 Å². The largest absolute Gasteiger partial charge is 0.368 e. The predicted octanol–water partition coefficient (Wildman–Crippen LogP) is 2.05. The summed E-state index contributed by atoms with van der Waals surface area (Å²) in [4.78, 5) is 7.94. The molecule has 0 saturated carbocycles. The molecule has 3 N–H and O–H groups in total. The van der Waals surface area contributed by atoms with Crippen molar-refractivity contribution >= 4 is 11.8 Å². The Hall–Kier alpha value is -1.32. The summed E-state index contributed by atoms with van der Waals surface area (Å²) in [6.45, 7) is 4.34. The van der Waals surface area contributed by atoms with E-state index >= 15 is 0 Å². The lowest BCUT2D eigenvalue weighted by molar-refractivity contribution is 0.620. The molecule has 0 spiro atoms. The molecule has 1 atom stereocenters. The number of nitrogen functional groups attached to an aromatic ring is 1. The van der Waals surface area contributed by atoms with Gasteiger partial charge in [0.2, 0.25) is 5.95 Å². The molecule has 78 valence electrons. The summed E-state index contributed by atoms with van der Waals surface area (Å²) in [7, 11) is 0. The second kappa shape index (κ2) is 5.42. The zero-order chi connectivity index (χ0) is 10.4. The van der Waals surface area contributed by atoms with Crippen LogP contribution in [0.5, 0.6) is 0 Å². The van der Waals surface area contributed by atoms with Gasteiger partial charge in [0.05, 0.1) is 0 Å². The minimum absolute atomic E-state index is 0.321. The third-order valence-electron chi connectivity index (χ3n) is 2.16. The van der Waals surface area contributed by atoms with Gasteiger partial charge in [-0.15, -0.1) is 0 Å². The number of nitrogens with one attached hydrogen (secondary N) is 1. The van der Waals surface area contributed by atoms with Gasteiger partial charge in [0, 0.05) is 12.2 Å². The van der Waals surface area contributed by atoms with Crippen molar-refractivity contribution in [3.05, 3.63) is 12.3 Å². The van der Waals surface area contributed by atoms with Gasteiger partial charge in [0.1, 0.15) is 5.82 Å². The molecule has 0 aromatic carbocycles. The number of rotatable bonds is 5. The van der Waals surface area contributed by atoms with Crippen LogP contribution in [0.4, 0.5) is 11.8 Å². The minimum Gasteiger partial charge on any atom is -0.368 e. The van der Waals surface area contributed by atoms with Gasteiger partial charge in [-0.2, -0.15) is 4.98 Å². The second-order valence-corrected chi connectivity index (χ2v) is 3.34. The van der Waals surface area contributed by atoms with Gasteiger partial charge < -0.3 is 11.1 Å². The zero-order valence-electron chi connectivity index (χ0n) is 8.83. The maximum Gasteiger partial charge on any atom is 0.221 e. The summed E-state index contributed by atoms with van der Waals surface area (Å²) >= 11 is 0. The van der Waals surface area contributed by atoms with Crippen LogP contribution in [0.15, 0.2) is 12.3 Å². The van der Waals surface area contributed by atoms with E-state index in [2.05, 4.69) is 29.1 Å². The summed E-state index contributed by atoms with van der Waals surface area (Å²) in [5.41, 5.74) is 5.49. The molecule has 1 aromatic heterocycles. The van der Waals surface area contributed by atoms with Crippen molar-refractivity contribution in [3.8, 4) is 0 Å². The monoisotopic (exact) mass is 194 g/mol. The summed E-state index contributed by atoms with van der Waals surface area (Å²) in [6, 6.07) is 2.32. The molecule has 0 aliphatic carbocycles. The average molecular weight is 194 g/mol. The maximum absolute atomic E-state index is 5.49. The van der Waals surface area contributed by atoms with E-state index in [1.807, 2.05) is 6.07 Å². The molecule has 0 aliphatic rings. The van der Waals surface area contributed by atoms with Crippen LogP contribution in [0.1, 0.15) is 33.1 Å². The number of nitrogens with zero attached hydrogens (tertiary/aromatic N) is 2. The van der Waals surface area contributed by atoms with E-state index in [0.717, 1.165) is 18.7 Å². The van der Waals surface area contributed by atoms with Gasteiger partial charge in [-0.25, -0.2) is 4.98 Å². The van der Waals surface area contributed by atoms with Crippen LogP contribution >= 0.6 is 0 Å². The Balaban J connectivity index is 2.57. The normalized spacial score (nSPS) is 12.4. The molecule has 1 rings (SSSR count). The molecule has 0 aliphatic heterocycles. The number of hydrogen-bond donors (Lipinski definition) is 2. The maximum atomic E-state index is 5.49. The van der Waals surface area contributed by atoms with E-state index in [4.69, 9.17) is 5.73 Å². The molecule has 1 unspecified atom stereocenters. The number of anilines is 2. The first-order valence-electron chi connectivity index (χ1n) is 5.11. The molecular formula is C10H18N4. The fourth-order valence-electron chi connectivity index (χ4n) is 1.39. The minimum atomic E-state index is 0.321. The topological polar surface area (TPSA) is 63.8 Å². The molecule has 14 heavy (non-hydrogen) atoms. The van der Waals surface area contributed by atoms with Gasteiger partial charge in [0.15, 0.2) is 0 Å². The summed E-state index contributed by atoms with van der Waals surface area (Å²) in [6.07, 6.45) is 5.09. The van der Waals surface area contributed by atoms with Crippen LogP contribution in [0.3, 0.4) is 0 Å². The van der Waals surface area contributed by atoms with Crippen LogP contribution < -0.4 is 11.1 Å². The van der Waals surface area contributed by atoms with Crippen molar-refractivity contribution in [2.24, 2.45) is 0 Å². The first-order chi connectivity index (χ1) is 6.76. The van der Waals surface area contributed by atoms with Gasteiger partial charge in [-0.05, 0) is 18.9 Å². The highest BCUT2D eigenvalue weighted by Gasteiger charge is 2.05.